The van der Waals surface area contributed by atoms with Crippen LogP contribution < -0.4 is 9.47 Å². The van der Waals surface area contributed by atoms with E-state index in [0.29, 0.717) is 11.8 Å². The summed E-state index contributed by atoms with van der Waals surface area (Å²) in [4.78, 5) is 0. The fourth-order valence-electron chi connectivity index (χ4n) is 2.37. The second kappa shape index (κ2) is 7.31. The number of benzene rings is 1. The summed E-state index contributed by atoms with van der Waals surface area (Å²) in [5.41, 5.74) is 0.845. The van der Waals surface area contributed by atoms with Crippen LogP contribution in [0.3, 0.4) is 0 Å². The summed E-state index contributed by atoms with van der Waals surface area (Å²) in [6.45, 7) is 0.780. The van der Waals surface area contributed by atoms with Crippen LogP contribution >= 0.6 is 11.6 Å². The number of halogens is 1. The van der Waals surface area contributed by atoms with Crippen molar-refractivity contribution in [3.63, 3.8) is 0 Å². The highest BCUT2D eigenvalue weighted by molar-refractivity contribution is 6.19. The van der Waals surface area contributed by atoms with Gasteiger partial charge in [0, 0.05) is 0 Å². The molecule has 0 atom stereocenters. The van der Waals surface area contributed by atoms with Gasteiger partial charge in [0.15, 0.2) is 0 Å². The molecule has 0 N–H and O–H groups in total. The van der Waals surface area contributed by atoms with Crippen LogP contribution in [0.5, 0.6) is 11.5 Å². The van der Waals surface area contributed by atoms with Crippen LogP contribution in [0.1, 0.15) is 31.2 Å². The van der Waals surface area contributed by atoms with Gasteiger partial charge in [-0.25, -0.2) is 0 Å². The Kier molecular flexibility index (Phi) is 5.42. The minimum absolute atomic E-state index is 0.319. The maximum atomic E-state index is 5.92. The molecule has 0 amide bonds. The maximum absolute atomic E-state index is 5.92. The largest absolute Gasteiger partial charge is 0.497 e. The lowest BCUT2D eigenvalue weighted by Gasteiger charge is -2.13. The summed E-state index contributed by atoms with van der Waals surface area (Å²) in [5, 5.41) is 0. The molecular formula is C16H19ClO2. The van der Waals surface area contributed by atoms with E-state index in [9.17, 15) is 0 Å². The highest BCUT2D eigenvalue weighted by Gasteiger charge is 2.16. The number of hydrogen-bond acceptors (Lipinski definition) is 2. The Hall–Kier alpha value is -1.33. The van der Waals surface area contributed by atoms with Crippen molar-refractivity contribution in [3.8, 4) is 23.3 Å². The van der Waals surface area contributed by atoms with Crippen LogP contribution in [0.15, 0.2) is 18.2 Å². The topological polar surface area (TPSA) is 18.5 Å². The van der Waals surface area contributed by atoms with E-state index < -0.39 is 0 Å². The van der Waals surface area contributed by atoms with Gasteiger partial charge in [0.1, 0.15) is 11.5 Å². The van der Waals surface area contributed by atoms with E-state index in [4.69, 9.17) is 21.1 Å². The monoisotopic (exact) mass is 278 g/mol. The van der Waals surface area contributed by atoms with E-state index in [0.717, 1.165) is 23.7 Å². The molecule has 1 aromatic carbocycles. The molecule has 1 fully saturated rings. The Morgan fingerprint density at radius 2 is 2.11 bits per heavy atom. The first kappa shape index (κ1) is 14.1. The maximum Gasteiger partial charge on any atom is 0.135 e. The average molecular weight is 279 g/mol. The van der Waals surface area contributed by atoms with Gasteiger partial charge in [0.2, 0.25) is 0 Å². The van der Waals surface area contributed by atoms with Crippen molar-refractivity contribution in [2.24, 2.45) is 5.92 Å². The number of rotatable bonds is 4. The van der Waals surface area contributed by atoms with Gasteiger partial charge in [-0.3, -0.25) is 0 Å². The Morgan fingerprint density at radius 1 is 1.32 bits per heavy atom. The molecule has 1 saturated carbocycles. The van der Waals surface area contributed by atoms with Crippen molar-refractivity contribution in [2.45, 2.75) is 25.7 Å². The Labute approximate surface area is 120 Å². The molecule has 1 aliphatic rings. The third kappa shape index (κ3) is 4.08. The predicted octanol–water partition coefficient (Wildman–Crippen LogP) is 3.85. The van der Waals surface area contributed by atoms with Crippen LogP contribution in [-0.2, 0) is 0 Å². The van der Waals surface area contributed by atoms with Gasteiger partial charge >= 0.3 is 0 Å². The Morgan fingerprint density at radius 3 is 2.79 bits per heavy atom. The molecular weight excluding hydrogens is 260 g/mol. The molecule has 102 valence electrons. The standard InChI is InChI=1S/C16H19ClO2/c1-18-15-8-9-16(14(11-15)7-4-10-17)19-12-13-5-2-3-6-13/h8-9,11,13H,2-3,5-6,10,12H2,1H3. The molecule has 0 saturated heterocycles. The summed E-state index contributed by atoms with van der Waals surface area (Å²) in [5.74, 6) is 8.51. The van der Waals surface area contributed by atoms with Crippen LogP contribution in [0.4, 0.5) is 0 Å². The zero-order valence-corrected chi connectivity index (χ0v) is 12.0. The number of alkyl halides is 1. The highest BCUT2D eigenvalue weighted by Crippen LogP contribution is 2.28. The third-order valence-electron chi connectivity index (χ3n) is 3.43. The van der Waals surface area contributed by atoms with E-state index in [1.807, 2.05) is 18.2 Å². The van der Waals surface area contributed by atoms with Gasteiger partial charge in [-0.05, 0) is 37.0 Å². The lowest BCUT2D eigenvalue weighted by atomic mass is 10.1. The van der Waals surface area contributed by atoms with Crippen molar-refractivity contribution in [1.29, 1.82) is 0 Å². The lowest BCUT2D eigenvalue weighted by molar-refractivity contribution is 0.251. The second-order valence-electron chi connectivity index (χ2n) is 4.76. The predicted molar refractivity (Wildman–Crippen MR) is 78.0 cm³/mol. The fraction of sp³-hybridized carbons (Fsp3) is 0.500. The molecule has 1 aliphatic carbocycles. The van der Waals surface area contributed by atoms with Gasteiger partial charge in [-0.2, -0.15) is 0 Å². The zero-order valence-electron chi connectivity index (χ0n) is 11.2. The van der Waals surface area contributed by atoms with Crippen molar-refractivity contribution in [1.82, 2.24) is 0 Å². The summed E-state index contributed by atoms with van der Waals surface area (Å²) in [6.07, 6.45) is 5.21. The fourth-order valence-corrected chi connectivity index (χ4v) is 2.44. The van der Waals surface area contributed by atoms with Gasteiger partial charge in [0.25, 0.3) is 0 Å². The van der Waals surface area contributed by atoms with Gasteiger partial charge in [0.05, 0.1) is 25.2 Å². The first-order chi connectivity index (χ1) is 9.33. The van der Waals surface area contributed by atoms with Gasteiger partial charge in [-0.15, -0.1) is 11.6 Å². The highest BCUT2D eigenvalue weighted by atomic mass is 35.5. The van der Waals surface area contributed by atoms with Crippen molar-refractivity contribution in [2.75, 3.05) is 19.6 Å². The lowest BCUT2D eigenvalue weighted by Crippen LogP contribution is -2.08. The second-order valence-corrected chi connectivity index (χ2v) is 5.03. The molecule has 3 heteroatoms. The van der Waals surface area contributed by atoms with Gasteiger partial charge < -0.3 is 9.47 Å². The summed E-state index contributed by atoms with van der Waals surface area (Å²) >= 11 is 5.61. The van der Waals surface area contributed by atoms with E-state index in [-0.39, 0.29) is 0 Å². The van der Waals surface area contributed by atoms with E-state index in [2.05, 4.69) is 11.8 Å². The smallest absolute Gasteiger partial charge is 0.135 e. The summed E-state index contributed by atoms with van der Waals surface area (Å²) in [6, 6.07) is 5.71. The molecule has 0 unspecified atom stereocenters. The Balaban J connectivity index is 2.08. The van der Waals surface area contributed by atoms with Crippen molar-refractivity contribution in [3.05, 3.63) is 23.8 Å². The number of methoxy groups -OCH3 is 1. The quantitative estimate of drug-likeness (QED) is 0.615. The van der Waals surface area contributed by atoms with Crippen LogP contribution in [0, 0.1) is 17.8 Å². The first-order valence-electron chi connectivity index (χ1n) is 6.69. The third-order valence-corrected chi connectivity index (χ3v) is 3.56. The summed E-state index contributed by atoms with van der Waals surface area (Å²) < 4.78 is 11.1. The molecule has 0 aromatic heterocycles. The molecule has 2 nitrogen and oxygen atoms in total. The molecule has 0 heterocycles. The average Bonchev–Trinajstić information content (AvgIpc) is 2.96. The molecule has 2 rings (SSSR count). The molecule has 0 radical (unpaired) electrons. The van der Waals surface area contributed by atoms with E-state index >= 15 is 0 Å². The first-order valence-corrected chi connectivity index (χ1v) is 7.22. The zero-order chi connectivity index (χ0) is 13.5. The molecule has 0 spiro atoms. The van der Waals surface area contributed by atoms with Crippen molar-refractivity contribution >= 4 is 11.6 Å². The molecule has 0 bridgehead atoms. The van der Waals surface area contributed by atoms with E-state index in [1.165, 1.54) is 25.7 Å². The molecule has 1 aromatic rings. The molecule has 0 aliphatic heterocycles. The normalized spacial score (nSPS) is 14.8. The number of hydrogen-bond donors (Lipinski definition) is 0. The van der Waals surface area contributed by atoms with Crippen LogP contribution in [0.2, 0.25) is 0 Å². The summed E-state index contributed by atoms with van der Waals surface area (Å²) in [7, 11) is 1.65. The van der Waals surface area contributed by atoms with Crippen LogP contribution in [-0.4, -0.2) is 19.6 Å². The van der Waals surface area contributed by atoms with E-state index in [1.54, 1.807) is 7.11 Å². The number of ether oxygens (including phenoxy) is 2. The molecule has 19 heavy (non-hydrogen) atoms. The van der Waals surface area contributed by atoms with Crippen LogP contribution in [0.25, 0.3) is 0 Å². The SMILES string of the molecule is COc1ccc(OCC2CCCC2)c(C#CCCl)c1. The van der Waals surface area contributed by atoms with Gasteiger partial charge in [-0.1, -0.05) is 24.7 Å². The minimum Gasteiger partial charge on any atom is -0.497 e. The minimum atomic E-state index is 0.319. The Bertz CT molecular complexity index is 467. The van der Waals surface area contributed by atoms with Crippen molar-refractivity contribution < 1.29 is 9.47 Å².